The summed E-state index contributed by atoms with van der Waals surface area (Å²) >= 11 is 0. The van der Waals surface area contributed by atoms with Crippen LogP contribution in [0.1, 0.15) is 10.4 Å². The fourth-order valence-corrected chi connectivity index (χ4v) is 3.06. The third kappa shape index (κ3) is 4.62. The highest BCUT2D eigenvalue weighted by Gasteiger charge is 2.11. The molecule has 0 aliphatic carbocycles. The third-order valence-corrected chi connectivity index (χ3v) is 4.45. The van der Waals surface area contributed by atoms with Crippen LogP contribution in [0.15, 0.2) is 91.3 Å². The zero-order valence-corrected chi connectivity index (χ0v) is 16.0. The van der Waals surface area contributed by atoms with Crippen LogP contribution in [0.2, 0.25) is 0 Å². The van der Waals surface area contributed by atoms with E-state index in [1.165, 1.54) is 0 Å². The molecular weight excluding hydrogens is 378 g/mol. The van der Waals surface area contributed by atoms with Gasteiger partial charge in [-0.2, -0.15) is 0 Å². The van der Waals surface area contributed by atoms with Crippen molar-refractivity contribution in [3.63, 3.8) is 0 Å². The summed E-state index contributed by atoms with van der Waals surface area (Å²) in [6.07, 6.45) is 3.28. The normalized spacial score (nSPS) is 10.4. The van der Waals surface area contributed by atoms with Gasteiger partial charge in [-0.3, -0.25) is 14.6 Å². The number of carbonyl (C=O) groups is 2. The molecule has 6 nitrogen and oxygen atoms in total. The minimum atomic E-state index is -0.329. The summed E-state index contributed by atoms with van der Waals surface area (Å²) < 4.78 is 5.74. The van der Waals surface area contributed by atoms with Crippen LogP contribution in [-0.2, 0) is 4.79 Å². The first kappa shape index (κ1) is 19.1. The first-order valence-electron chi connectivity index (χ1n) is 9.43. The van der Waals surface area contributed by atoms with Crippen molar-refractivity contribution in [2.75, 3.05) is 11.9 Å². The van der Waals surface area contributed by atoms with Crippen LogP contribution in [0.3, 0.4) is 0 Å². The average molecular weight is 397 g/mol. The zero-order chi connectivity index (χ0) is 20.8. The Kier molecular flexibility index (Phi) is 5.66. The van der Waals surface area contributed by atoms with Crippen molar-refractivity contribution in [1.82, 2.24) is 10.3 Å². The molecule has 0 radical (unpaired) electrons. The highest BCUT2D eigenvalue weighted by Crippen LogP contribution is 2.23. The smallest absolute Gasteiger partial charge is 0.252 e. The maximum atomic E-state index is 12.6. The molecule has 148 valence electrons. The van der Waals surface area contributed by atoms with E-state index in [9.17, 15) is 9.59 Å². The van der Waals surface area contributed by atoms with Gasteiger partial charge in [0.05, 0.1) is 6.54 Å². The molecule has 30 heavy (non-hydrogen) atoms. The number of anilines is 1. The SMILES string of the molecule is O=C(CNC(=O)c1cccc2ccccc12)Nc1cccc(Oc2ccncc2)c1. The van der Waals surface area contributed by atoms with Gasteiger partial charge in [0.1, 0.15) is 11.5 Å². The molecule has 0 fully saturated rings. The number of ether oxygens (including phenoxy) is 1. The van der Waals surface area contributed by atoms with Crippen molar-refractivity contribution in [3.05, 3.63) is 96.8 Å². The molecule has 0 spiro atoms. The van der Waals surface area contributed by atoms with Gasteiger partial charge < -0.3 is 15.4 Å². The molecule has 1 heterocycles. The maximum absolute atomic E-state index is 12.6. The molecular formula is C24H19N3O3. The first-order chi connectivity index (χ1) is 14.7. The van der Waals surface area contributed by atoms with Crippen molar-refractivity contribution in [3.8, 4) is 11.5 Å². The van der Waals surface area contributed by atoms with Gasteiger partial charge in [0.25, 0.3) is 5.91 Å². The highest BCUT2D eigenvalue weighted by molar-refractivity contribution is 6.08. The van der Waals surface area contributed by atoms with Gasteiger partial charge in [0.15, 0.2) is 0 Å². The van der Waals surface area contributed by atoms with E-state index in [-0.39, 0.29) is 18.4 Å². The van der Waals surface area contributed by atoms with Gasteiger partial charge in [-0.25, -0.2) is 0 Å². The van der Waals surface area contributed by atoms with Gasteiger partial charge in [0.2, 0.25) is 5.91 Å². The molecule has 0 unspecified atom stereocenters. The molecule has 4 rings (SSSR count). The lowest BCUT2D eigenvalue weighted by Gasteiger charge is -2.10. The van der Waals surface area contributed by atoms with Gasteiger partial charge in [-0.05, 0) is 41.1 Å². The van der Waals surface area contributed by atoms with Crippen LogP contribution in [0.5, 0.6) is 11.5 Å². The molecule has 0 saturated carbocycles. The minimum absolute atomic E-state index is 0.141. The zero-order valence-electron chi connectivity index (χ0n) is 16.0. The Balaban J connectivity index is 1.37. The van der Waals surface area contributed by atoms with Crippen LogP contribution in [0.25, 0.3) is 10.8 Å². The average Bonchev–Trinajstić information content (AvgIpc) is 2.78. The van der Waals surface area contributed by atoms with E-state index in [0.717, 1.165) is 10.8 Å². The van der Waals surface area contributed by atoms with Crippen LogP contribution in [0, 0.1) is 0 Å². The predicted octanol–water partition coefficient (Wildman–Crippen LogP) is 4.40. The number of carbonyl (C=O) groups excluding carboxylic acids is 2. The molecule has 0 saturated heterocycles. The first-order valence-corrected chi connectivity index (χ1v) is 9.43. The molecule has 0 aliphatic heterocycles. The van der Waals surface area contributed by atoms with Crippen molar-refractivity contribution >= 4 is 28.3 Å². The van der Waals surface area contributed by atoms with Gasteiger partial charge in [-0.15, -0.1) is 0 Å². The Morgan fingerprint density at radius 2 is 1.60 bits per heavy atom. The summed E-state index contributed by atoms with van der Waals surface area (Å²) in [6, 6.07) is 23.7. The Morgan fingerprint density at radius 1 is 0.833 bits per heavy atom. The lowest BCUT2D eigenvalue weighted by molar-refractivity contribution is -0.115. The second-order valence-electron chi connectivity index (χ2n) is 6.57. The molecule has 1 aromatic heterocycles. The number of benzene rings is 3. The predicted molar refractivity (Wildman–Crippen MR) is 116 cm³/mol. The van der Waals surface area contributed by atoms with Crippen LogP contribution in [-0.4, -0.2) is 23.3 Å². The largest absolute Gasteiger partial charge is 0.457 e. The summed E-state index contributed by atoms with van der Waals surface area (Å²) in [6.45, 7) is -0.141. The number of amides is 2. The van der Waals surface area contributed by atoms with Crippen LogP contribution < -0.4 is 15.4 Å². The van der Waals surface area contributed by atoms with E-state index >= 15 is 0 Å². The number of nitrogens with one attached hydrogen (secondary N) is 2. The topological polar surface area (TPSA) is 80.3 Å². The molecule has 4 aromatic rings. The number of rotatable bonds is 6. The molecule has 0 bridgehead atoms. The fourth-order valence-electron chi connectivity index (χ4n) is 3.06. The van der Waals surface area contributed by atoms with Gasteiger partial charge in [0, 0.05) is 29.7 Å². The highest BCUT2D eigenvalue weighted by atomic mass is 16.5. The summed E-state index contributed by atoms with van der Waals surface area (Å²) in [5.41, 5.74) is 1.11. The fraction of sp³-hybridized carbons (Fsp3) is 0.0417. The van der Waals surface area contributed by atoms with E-state index in [2.05, 4.69) is 15.6 Å². The Hall–Kier alpha value is -4.19. The van der Waals surface area contributed by atoms with Crippen molar-refractivity contribution in [1.29, 1.82) is 0 Å². The summed E-state index contributed by atoms with van der Waals surface area (Å²) in [7, 11) is 0. The van der Waals surface area contributed by atoms with Crippen molar-refractivity contribution in [2.45, 2.75) is 0 Å². The number of hydrogen-bond donors (Lipinski definition) is 2. The molecule has 2 amide bonds. The number of fused-ring (bicyclic) bond motifs is 1. The van der Waals surface area contributed by atoms with Crippen molar-refractivity contribution < 1.29 is 14.3 Å². The summed E-state index contributed by atoms with van der Waals surface area (Å²) in [5, 5.41) is 7.26. The minimum Gasteiger partial charge on any atom is -0.457 e. The molecule has 0 atom stereocenters. The quantitative estimate of drug-likeness (QED) is 0.505. The Bertz CT molecular complexity index is 1190. The van der Waals surface area contributed by atoms with Gasteiger partial charge >= 0.3 is 0 Å². The van der Waals surface area contributed by atoms with Crippen molar-refractivity contribution in [2.24, 2.45) is 0 Å². The standard InChI is InChI=1S/C24H19N3O3/c28-23(16-26-24(29)22-10-3-6-17-5-1-2-9-21(17)22)27-18-7-4-8-20(15-18)30-19-11-13-25-14-12-19/h1-15H,16H2,(H,26,29)(H,27,28). The van der Waals surface area contributed by atoms with E-state index in [0.29, 0.717) is 22.7 Å². The number of hydrogen-bond acceptors (Lipinski definition) is 4. The van der Waals surface area contributed by atoms with E-state index in [1.54, 1.807) is 54.9 Å². The monoisotopic (exact) mass is 397 g/mol. The summed E-state index contributed by atoms with van der Waals surface area (Å²) in [5.74, 6) is 0.607. The molecule has 3 aromatic carbocycles. The Morgan fingerprint density at radius 3 is 2.47 bits per heavy atom. The van der Waals surface area contributed by atoms with Gasteiger partial charge in [-0.1, -0.05) is 42.5 Å². The summed E-state index contributed by atoms with van der Waals surface area (Å²) in [4.78, 5) is 28.8. The van der Waals surface area contributed by atoms with E-state index < -0.39 is 0 Å². The third-order valence-electron chi connectivity index (χ3n) is 4.45. The molecule has 6 heteroatoms. The Labute approximate surface area is 173 Å². The lowest BCUT2D eigenvalue weighted by Crippen LogP contribution is -2.32. The van der Waals surface area contributed by atoms with Crippen LogP contribution >= 0.6 is 0 Å². The number of nitrogens with zero attached hydrogens (tertiary/aromatic N) is 1. The number of aromatic nitrogens is 1. The van der Waals surface area contributed by atoms with Crippen LogP contribution in [0.4, 0.5) is 5.69 Å². The van der Waals surface area contributed by atoms with E-state index in [1.807, 2.05) is 36.4 Å². The molecule has 0 aliphatic rings. The molecule has 2 N–H and O–H groups in total. The number of pyridine rings is 1. The second kappa shape index (κ2) is 8.87. The van der Waals surface area contributed by atoms with E-state index in [4.69, 9.17) is 4.74 Å². The lowest BCUT2D eigenvalue weighted by atomic mass is 10.0. The maximum Gasteiger partial charge on any atom is 0.252 e. The second-order valence-corrected chi connectivity index (χ2v) is 6.57.